The van der Waals surface area contributed by atoms with Gasteiger partial charge < -0.3 is 9.84 Å². The van der Waals surface area contributed by atoms with Crippen molar-refractivity contribution in [1.82, 2.24) is 0 Å². The van der Waals surface area contributed by atoms with Gasteiger partial charge in [-0.3, -0.25) is 19.2 Å². The van der Waals surface area contributed by atoms with Gasteiger partial charge in [0.25, 0.3) is 15.7 Å². The van der Waals surface area contributed by atoms with E-state index in [9.17, 15) is 28.4 Å². The van der Waals surface area contributed by atoms with Crippen LogP contribution in [0.2, 0.25) is 0 Å². The number of benzene rings is 2. The van der Waals surface area contributed by atoms with Crippen LogP contribution < -0.4 is 9.04 Å². The molecule has 1 saturated carbocycles. The van der Waals surface area contributed by atoms with Gasteiger partial charge in [0.05, 0.1) is 21.6 Å². The molecular formula is C20H22N2O7S. The minimum absolute atomic E-state index is 0.127. The molecule has 0 heterocycles. The van der Waals surface area contributed by atoms with Gasteiger partial charge >= 0.3 is 5.97 Å². The van der Waals surface area contributed by atoms with Crippen LogP contribution in [0.1, 0.15) is 31.2 Å². The number of aryl methyl sites for hydroxylation is 1. The van der Waals surface area contributed by atoms with Gasteiger partial charge in [-0.15, -0.1) is 0 Å². The topological polar surface area (TPSA) is 127 Å². The summed E-state index contributed by atoms with van der Waals surface area (Å²) in [6.45, 7) is 0.668. The van der Waals surface area contributed by atoms with Crippen molar-refractivity contribution in [1.29, 1.82) is 0 Å². The predicted molar refractivity (Wildman–Crippen MR) is 109 cm³/mol. The van der Waals surface area contributed by atoms with E-state index < -0.39 is 33.1 Å². The van der Waals surface area contributed by atoms with Crippen LogP contribution in [0.4, 0.5) is 11.4 Å². The average molecular weight is 434 g/mol. The molecule has 0 bridgehead atoms. The quantitative estimate of drug-likeness (QED) is 0.497. The molecule has 0 saturated heterocycles. The van der Waals surface area contributed by atoms with Gasteiger partial charge in [-0.05, 0) is 62.4 Å². The number of aliphatic carboxylic acids is 1. The van der Waals surface area contributed by atoms with Crippen molar-refractivity contribution in [2.45, 2.75) is 43.6 Å². The second kappa shape index (κ2) is 8.70. The zero-order chi connectivity index (χ0) is 21.9. The molecule has 0 radical (unpaired) electrons. The monoisotopic (exact) mass is 434 g/mol. The molecule has 1 aliphatic carbocycles. The number of hydrogen-bond acceptors (Lipinski definition) is 6. The van der Waals surface area contributed by atoms with Crippen LogP contribution in [0.3, 0.4) is 0 Å². The number of carboxylic acids is 1. The average Bonchev–Trinajstić information content (AvgIpc) is 3.19. The summed E-state index contributed by atoms with van der Waals surface area (Å²) in [6.07, 6.45) is 4.27. The lowest BCUT2D eigenvalue weighted by Gasteiger charge is -2.24. The van der Waals surface area contributed by atoms with E-state index in [1.54, 1.807) is 12.1 Å². The fourth-order valence-electron chi connectivity index (χ4n) is 3.43. The molecule has 0 atom stereocenters. The van der Waals surface area contributed by atoms with Crippen LogP contribution in [-0.4, -0.2) is 37.1 Å². The Hall–Kier alpha value is -3.14. The molecule has 0 aromatic heterocycles. The van der Waals surface area contributed by atoms with Crippen LogP contribution in [0.5, 0.6) is 5.75 Å². The molecule has 2 aromatic rings. The summed E-state index contributed by atoms with van der Waals surface area (Å²) < 4.78 is 33.1. The highest BCUT2D eigenvalue weighted by atomic mass is 32.2. The lowest BCUT2D eigenvalue weighted by molar-refractivity contribution is -0.385. The fraction of sp³-hybridized carbons (Fsp3) is 0.350. The SMILES string of the molecule is Cc1ccc([N+](=O)[O-])cc1S(=O)(=O)N(CC(=O)O)c1ccc(OC2CCCC2)cc1. The largest absolute Gasteiger partial charge is 0.490 e. The van der Waals surface area contributed by atoms with Crippen molar-refractivity contribution < 1.29 is 28.0 Å². The number of sulfonamides is 1. The Labute approximate surface area is 174 Å². The minimum Gasteiger partial charge on any atom is -0.490 e. The van der Waals surface area contributed by atoms with E-state index in [1.165, 1.54) is 31.2 Å². The number of carbonyl (C=O) groups is 1. The first-order valence-corrected chi connectivity index (χ1v) is 10.9. The zero-order valence-corrected chi connectivity index (χ0v) is 17.2. The maximum Gasteiger partial charge on any atom is 0.324 e. The van der Waals surface area contributed by atoms with Crippen molar-refractivity contribution in [2.24, 2.45) is 0 Å². The molecule has 3 rings (SSSR count). The highest BCUT2D eigenvalue weighted by Gasteiger charge is 2.30. The number of ether oxygens (including phenoxy) is 1. The highest BCUT2D eigenvalue weighted by molar-refractivity contribution is 7.93. The Bertz CT molecular complexity index is 1050. The van der Waals surface area contributed by atoms with Crippen molar-refractivity contribution in [3.63, 3.8) is 0 Å². The molecule has 10 heteroatoms. The van der Waals surface area contributed by atoms with E-state index in [1.807, 2.05) is 0 Å². The van der Waals surface area contributed by atoms with E-state index >= 15 is 0 Å². The standard InChI is InChI=1S/C20H22N2O7S/c1-14-6-7-16(22(25)26)12-19(14)30(27,28)21(13-20(23)24)15-8-10-18(11-9-15)29-17-4-2-3-5-17/h6-12,17H,2-5,13H2,1H3,(H,23,24). The summed E-state index contributed by atoms with van der Waals surface area (Å²) in [7, 11) is -4.36. The number of anilines is 1. The number of carboxylic acid groups (broad SMARTS) is 1. The Kier molecular flexibility index (Phi) is 6.25. The summed E-state index contributed by atoms with van der Waals surface area (Å²) in [6, 6.07) is 9.59. The van der Waals surface area contributed by atoms with Crippen molar-refractivity contribution >= 4 is 27.4 Å². The second-order valence-electron chi connectivity index (χ2n) is 7.13. The lowest BCUT2D eigenvalue weighted by Crippen LogP contribution is -2.36. The molecule has 160 valence electrons. The van der Waals surface area contributed by atoms with Crippen LogP contribution in [-0.2, 0) is 14.8 Å². The number of nitro groups is 1. The normalized spacial score (nSPS) is 14.4. The third kappa shape index (κ3) is 4.70. The maximum absolute atomic E-state index is 13.2. The molecule has 1 fully saturated rings. The predicted octanol–water partition coefficient (Wildman–Crippen LogP) is 3.50. The van der Waals surface area contributed by atoms with Gasteiger partial charge in [0.1, 0.15) is 12.3 Å². The van der Waals surface area contributed by atoms with Crippen LogP contribution >= 0.6 is 0 Å². The van der Waals surface area contributed by atoms with Crippen molar-refractivity contribution in [3.8, 4) is 5.75 Å². The molecule has 0 spiro atoms. The molecule has 30 heavy (non-hydrogen) atoms. The molecule has 1 N–H and O–H groups in total. The summed E-state index contributed by atoms with van der Waals surface area (Å²) >= 11 is 0. The second-order valence-corrected chi connectivity index (χ2v) is 8.96. The maximum atomic E-state index is 13.2. The van der Waals surface area contributed by atoms with Gasteiger partial charge in [-0.2, -0.15) is 0 Å². The first kappa shape index (κ1) is 21.6. The Morgan fingerprint density at radius 1 is 1.20 bits per heavy atom. The van der Waals surface area contributed by atoms with Gasteiger partial charge in [-0.25, -0.2) is 8.42 Å². The summed E-state index contributed by atoms with van der Waals surface area (Å²) in [5.74, 6) is -0.780. The number of non-ortho nitro benzene ring substituents is 1. The number of hydrogen-bond donors (Lipinski definition) is 1. The number of nitro benzene ring substituents is 1. The van der Waals surface area contributed by atoms with E-state index in [0.717, 1.165) is 36.1 Å². The number of nitrogens with zero attached hydrogens (tertiary/aromatic N) is 2. The molecule has 0 unspecified atom stereocenters. The van der Waals surface area contributed by atoms with Gasteiger partial charge in [0, 0.05) is 12.1 Å². The fourth-order valence-corrected chi connectivity index (χ4v) is 5.09. The third-order valence-corrected chi connectivity index (χ3v) is 6.87. The molecule has 9 nitrogen and oxygen atoms in total. The first-order valence-electron chi connectivity index (χ1n) is 9.45. The van der Waals surface area contributed by atoms with Crippen LogP contribution in [0.25, 0.3) is 0 Å². The smallest absolute Gasteiger partial charge is 0.324 e. The molecular weight excluding hydrogens is 412 g/mol. The van der Waals surface area contributed by atoms with Crippen molar-refractivity contribution in [3.05, 3.63) is 58.1 Å². The summed E-state index contributed by atoms with van der Waals surface area (Å²) in [4.78, 5) is 21.4. The Morgan fingerprint density at radius 2 is 1.83 bits per heavy atom. The molecule has 1 aliphatic rings. The molecule has 2 aromatic carbocycles. The molecule has 0 amide bonds. The zero-order valence-electron chi connectivity index (χ0n) is 16.4. The molecule has 0 aliphatic heterocycles. The van der Waals surface area contributed by atoms with E-state index in [0.29, 0.717) is 5.75 Å². The lowest BCUT2D eigenvalue weighted by atomic mass is 10.2. The van der Waals surface area contributed by atoms with E-state index in [4.69, 9.17) is 4.74 Å². The number of rotatable bonds is 8. The third-order valence-electron chi connectivity index (χ3n) is 4.96. The van der Waals surface area contributed by atoms with Gasteiger partial charge in [0.2, 0.25) is 0 Å². The Balaban J connectivity index is 1.96. The van der Waals surface area contributed by atoms with Crippen LogP contribution in [0.15, 0.2) is 47.4 Å². The summed E-state index contributed by atoms with van der Waals surface area (Å²) in [5, 5.41) is 20.4. The van der Waals surface area contributed by atoms with E-state index in [2.05, 4.69) is 0 Å². The Morgan fingerprint density at radius 3 is 2.40 bits per heavy atom. The van der Waals surface area contributed by atoms with E-state index in [-0.39, 0.29) is 22.3 Å². The highest BCUT2D eigenvalue weighted by Crippen LogP contribution is 2.30. The van der Waals surface area contributed by atoms with Crippen LogP contribution in [0, 0.1) is 17.0 Å². The first-order chi connectivity index (χ1) is 14.2. The summed E-state index contributed by atoms with van der Waals surface area (Å²) in [5.41, 5.74) is 0.00835. The van der Waals surface area contributed by atoms with Gasteiger partial charge in [0.15, 0.2) is 0 Å². The van der Waals surface area contributed by atoms with Crippen molar-refractivity contribution in [2.75, 3.05) is 10.8 Å². The minimum atomic E-state index is -4.36. The van der Waals surface area contributed by atoms with Gasteiger partial charge in [-0.1, -0.05) is 6.07 Å².